The Morgan fingerprint density at radius 1 is 1.19 bits per heavy atom. The second kappa shape index (κ2) is 7.90. The summed E-state index contributed by atoms with van der Waals surface area (Å²) in [6.45, 7) is 6.84. The van der Waals surface area contributed by atoms with Gasteiger partial charge >= 0.3 is 0 Å². The molecular formula is C16H22ClN3S. The normalized spacial score (nSPS) is 11.5. The molecule has 2 rings (SSSR count). The second-order valence-corrected chi connectivity index (χ2v) is 7.33. The smallest absolute Gasteiger partial charge is 0.0931 e. The Bertz CT molecular complexity index is 568. The summed E-state index contributed by atoms with van der Waals surface area (Å²) in [5.41, 5.74) is 2.19. The van der Waals surface area contributed by atoms with E-state index in [1.54, 1.807) is 11.3 Å². The van der Waals surface area contributed by atoms with E-state index in [0.29, 0.717) is 6.04 Å². The van der Waals surface area contributed by atoms with Crippen LogP contribution in [0.3, 0.4) is 0 Å². The molecule has 0 aliphatic rings. The van der Waals surface area contributed by atoms with Gasteiger partial charge in [-0.1, -0.05) is 31.5 Å². The molecule has 0 atom stereocenters. The van der Waals surface area contributed by atoms with Gasteiger partial charge in [0.25, 0.3) is 0 Å². The first-order valence-corrected chi connectivity index (χ1v) is 8.33. The van der Waals surface area contributed by atoms with Crippen molar-refractivity contribution in [3.63, 3.8) is 0 Å². The first-order valence-electron chi connectivity index (χ1n) is 7.14. The highest BCUT2D eigenvalue weighted by atomic mass is 35.5. The van der Waals surface area contributed by atoms with Crippen LogP contribution in [0.1, 0.15) is 30.1 Å². The van der Waals surface area contributed by atoms with E-state index < -0.39 is 0 Å². The molecule has 21 heavy (non-hydrogen) atoms. The topological polar surface area (TPSA) is 28.2 Å². The highest BCUT2D eigenvalue weighted by molar-refractivity contribution is 7.16. The summed E-state index contributed by atoms with van der Waals surface area (Å²) in [5, 5.41) is 3.40. The fourth-order valence-electron chi connectivity index (χ4n) is 2.06. The maximum Gasteiger partial charge on any atom is 0.0931 e. The number of aromatic nitrogens is 1. The lowest BCUT2D eigenvalue weighted by atomic mass is 10.2. The molecule has 0 radical (unpaired) electrons. The number of thiophene rings is 1. The fraction of sp³-hybridized carbons (Fsp3) is 0.438. The van der Waals surface area contributed by atoms with E-state index in [-0.39, 0.29) is 0 Å². The van der Waals surface area contributed by atoms with Crippen molar-refractivity contribution in [3.8, 4) is 0 Å². The van der Waals surface area contributed by atoms with Crippen molar-refractivity contribution in [1.29, 1.82) is 0 Å². The van der Waals surface area contributed by atoms with Gasteiger partial charge in [-0.05, 0) is 31.3 Å². The minimum atomic E-state index is 0.474. The number of hydrogen-bond acceptors (Lipinski definition) is 4. The molecule has 114 valence electrons. The van der Waals surface area contributed by atoms with E-state index in [2.05, 4.69) is 55.4 Å². The summed E-state index contributed by atoms with van der Waals surface area (Å²) in [7, 11) is 2.11. The first-order chi connectivity index (χ1) is 10.0. The van der Waals surface area contributed by atoms with Gasteiger partial charge in [-0.15, -0.1) is 11.3 Å². The molecular weight excluding hydrogens is 302 g/mol. The van der Waals surface area contributed by atoms with Gasteiger partial charge in [0.2, 0.25) is 0 Å². The third-order valence-corrected chi connectivity index (χ3v) is 4.26. The molecule has 0 spiro atoms. The highest BCUT2D eigenvalue weighted by Crippen LogP contribution is 2.22. The molecule has 2 aromatic heterocycles. The zero-order valence-electron chi connectivity index (χ0n) is 12.8. The van der Waals surface area contributed by atoms with Crippen LogP contribution < -0.4 is 5.32 Å². The van der Waals surface area contributed by atoms with Gasteiger partial charge in [-0.3, -0.25) is 9.88 Å². The van der Waals surface area contributed by atoms with Crippen LogP contribution in [-0.4, -0.2) is 23.0 Å². The predicted molar refractivity (Wildman–Crippen MR) is 90.7 cm³/mol. The number of nitrogens with zero attached hydrogens (tertiary/aromatic N) is 2. The number of halogens is 1. The fourth-order valence-corrected chi connectivity index (χ4v) is 3.23. The minimum Gasteiger partial charge on any atom is -0.309 e. The van der Waals surface area contributed by atoms with E-state index in [0.717, 1.165) is 35.4 Å². The molecule has 5 heteroatoms. The second-order valence-electron chi connectivity index (χ2n) is 5.53. The molecule has 0 aromatic carbocycles. The van der Waals surface area contributed by atoms with E-state index in [9.17, 15) is 0 Å². The maximum atomic E-state index is 5.97. The van der Waals surface area contributed by atoms with E-state index in [4.69, 9.17) is 16.6 Å². The monoisotopic (exact) mass is 323 g/mol. The molecule has 1 N–H and O–H groups in total. The van der Waals surface area contributed by atoms with Gasteiger partial charge in [0.05, 0.1) is 15.7 Å². The summed E-state index contributed by atoms with van der Waals surface area (Å²) in [4.78, 5) is 8.24. The predicted octanol–water partition coefficient (Wildman–Crippen LogP) is 3.93. The van der Waals surface area contributed by atoms with Crippen molar-refractivity contribution < 1.29 is 0 Å². The van der Waals surface area contributed by atoms with Crippen LogP contribution in [0.5, 0.6) is 0 Å². The lowest BCUT2D eigenvalue weighted by Gasteiger charge is -2.16. The Morgan fingerprint density at radius 3 is 2.62 bits per heavy atom. The van der Waals surface area contributed by atoms with Crippen molar-refractivity contribution in [2.75, 3.05) is 7.05 Å². The number of rotatable bonds is 7. The van der Waals surface area contributed by atoms with Gasteiger partial charge in [0.1, 0.15) is 0 Å². The molecule has 0 aliphatic carbocycles. The van der Waals surface area contributed by atoms with Gasteiger partial charge in [0, 0.05) is 30.6 Å². The standard InChI is InChI=1S/C16H22ClN3S/c1-12(2)18-9-13-5-4-6-14(19-13)10-20(3)11-15-7-8-16(17)21-15/h4-8,12,18H,9-11H2,1-3H3. The summed E-state index contributed by atoms with van der Waals surface area (Å²) in [5.74, 6) is 0. The van der Waals surface area contributed by atoms with Gasteiger partial charge in [-0.2, -0.15) is 0 Å². The van der Waals surface area contributed by atoms with Crippen molar-refractivity contribution in [2.24, 2.45) is 0 Å². The Hall–Kier alpha value is -0.940. The Morgan fingerprint density at radius 2 is 1.95 bits per heavy atom. The van der Waals surface area contributed by atoms with Crippen molar-refractivity contribution >= 4 is 22.9 Å². The third kappa shape index (κ3) is 5.75. The largest absolute Gasteiger partial charge is 0.309 e. The summed E-state index contributed by atoms with van der Waals surface area (Å²) >= 11 is 7.60. The SMILES string of the molecule is CC(C)NCc1cccc(CN(C)Cc2ccc(Cl)s2)n1. The van der Waals surface area contributed by atoms with Crippen LogP contribution in [0.25, 0.3) is 0 Å². The van der Waals surface area contributed by atoms with E-state index >= 15 is 0 Å². The van der Waals surface area contributed by atoms with Crippen LogP contribution in [-0.2, 0) is 19.6 Å². The Labute approximate surface area is 136 Å². The average molecular weight is 324 g/mol. The molecule has 3 nitrogen and oxygen atoms in total. The van der Waals surface area contributed by atoms with Crippen LogP contribution in [0, 0.1) is 0 Å². The van der Waals surface area contributed by atoms with Crippen LogP contribution in [0.15, 0.2) is 30.3 Å². The lowest BCUT2D eigenvalue weighted by molar-refractivity contribution is 0.317. The zero-order chi connectivity index (χ0) is 15.2. The van der Waals surface area contributed by atoms with Crippen LogP contribution in [0.2, 0.25) is 4.34 Å². The summed E-state index contributed by atoms with van der Waals surface area (Å²) < 4.78 is 0.846. The van der Waals surface area contributed by atoms with Gasteiger partial charge in [0.15, 0.2) is 0 Å². The Kier molecular flexibility index (Phi) is 6.18. The molecule has 0 saturated carbocycles. The lowest BCUT2D eigenvalue weighted by Crippen LogP contribution is -2.23. The average Bonchev–Trinajstić information content (AvgIpc) is 2.82. The molecule has 0 bridgehead atoms. The molecule has 0 fully saturated rings. The number of hydrogen-bond donors (Lipinski definition) is 1. The summed E-state index contributed by atoms with van der Waals surface area (Å²) in [6, 6.07) is 10.7. The molecule has 0 unspecified atom stereocenters. The minimum absolute atomic E-state index is 0.474. The zero-order valence-corrected chi connectivity index (χ0v) is 14.3. The van der Waals surface area contributed by atoms with Crippen LogP contribution >= 0.6 is 22.9 Å². The number of pyridine rings is 1. The third-order valence-electron chi connectivity index (χ3n) is 3.04. The highest BCUT2D eigenvalue weighted by Gasteiger charge is 2.06. The van der Waals surface area contributed by atoms with Crippen molar-refractivity contribution in [2.45, 2.75) is 39.5 Å². The molecule has 0 amide bonds. The van der Waals surface area contributed by atoms with Gasteiger partial charge in [-0.25, -0.2) is 0 Å². The van der Waals surface area contributed by atoms with Crippen molar-refractivity contribution in [3.05, 3.63) is 50.9 Å². The van der Waals surface area contributed by atoms with Gasteiger partial charge < -0.3 is 5.32 Å². The quantitative estimate of drug-likeness (QED) is 0.837. The van der Waals surface area contributed by atoms with Crippen LogP contribution in [0.4, 0.5) is 0 Å². The molecule has 0 saturated heterocycles. The van der Waals surface area contributed by atoms with E-state index in [1.165, 1.54) is 4.88 Å². The molecule has 2 aromatic rings. The maximum absolute atomic E-state index is 5.97. The van der Waals surface area contributed by atoms with E-state index in [1.807, 2.05) is 6.07 Å². The molecule has 0 aliphatic heterocycles. The Balaban J connectivity index is 1.91. The summed E-state index contributed by atoms with van der Waals surface area (Å²) in [6.07, 6.45) is 0. The first kappa shape index (κ1) is 16.4. The number of nitrogens with one attached hydrogen (secondary N) is 1. The van der Waals surface area contributed by atoms with Crippen molar-refractivity contribution in [1.82, 2.24) is 15.2 Å². The molecule has 2 heterocycles.